The lowest BCUT2D eigenvalue weighted by molar-refractivity contribution is 0.834. The van der Waals surface area contributed by atoms with E-state index in [0.29, 0.717) is 23.7 Å². The Hall–Kier alpha value is -5.76. The Morgan fingerprint density at radius 2 is 0.922 bits per heavy atom. The third kappa shape index (κ3) is 10.6. The Morgan fingerprint density at radius 3 is 1.41 bits per heavy atom. The number of aliphatic imine (C=N–C) groups is 1. The van der Waals surface area contributed by atoms with E-state index in [4.69, 9.17) is 4.99 Å². The summed E-state index contributed by atoms with van der Waals surface area (Å²) in [6, 6.07) is 54.1. The molecule has 3 nitrogen and oxygen atoms in total. The van der Waals surface area contributed by atoms with Crippen molar-refractivity contribution in [3.8, 4) is 22.3 Å². The standard InChI is InChI=1S/C60H68N3P/c1-38(2)50-24-18-25-51(39(3)4)57(50)62-60(46-21-14-13-15-22-46)61-56-30-17-16-23-47(56)37-64(63-58-52(40(5)6)26-19-27-53(58)41(7)8)59-54(48-33-42(9)31-43(10)34-48)28-20-29-55(59)49-35-44(11)32-45(12)36-49/h13-36,38-41,63H,37H2,1-12H3,(H,61,62). The van der Waals surface area contributed by atoms with Gasteiger partial charge in [0, 0.05) is 36.5 Å². The number of para-hydroxylation sites is 3. The first-order chi connectivity index (χ1) is 30.7. The van der Waals surface area contributed by atoms with Gasteiger partial charge in [0.1, 0.15) is 5.84 Å². The molecule has 0 spiro atoms. The minimum Gasteiger partial charge on any atom is -0.360 e. The van der Waals surface area contributed by atoms with E-state index in [9.17, 15) is 0 Å². The first kappa shape index (κ1) is 46.2. The molecule has 0 amide bonds. The molecule has 64 heavy (non-hydrogen) atoms. The topological polar surface area (TPSA) is 36.4 Å². The molecule has 0 aliphatic rings. The summed E-state index contributed by atoms with van der Waals surface area (Å²) in [5.41, 5.74) is 21.0. The highest BCUT2D eigenvalue weighted by Gasteiger charge is 2.27. The Labute approximate surface area is 386 Å². The Bertz CT molecular complexity index is 2600. The van der Waals surface area contributed by atoms with Gasteiger partial charge in [-0.15, -0.1) is 0 Å². The van der Waals surface area contributed by atoms with Crippen molar-refractivity contribution in [2.45, 2.75) is 113 Å². The molecule has 0 aliphatic heterocycles. The summed E-state index contributed by atoms with van der Waals surface area (Å²) in [5.74, 6) is 2.18. The van der Waals surface area contributed by atoms with Gasteiger partial charge in [-0.05, 0) is 108 Å². The van der Waals surface area contributed by atoms with Crippen LogP contribution in [0.1, 0.15) is 135 Å². The number of aryl methyl sites for hydroxylation is 4. The molecule has 328 valence electrons. The van der Waals surface area contributed by atoms with E-state index >= 15 is 0 Å². The van der Waals surface area contributed by atoms with Crippen LogP contribution in [0.25, 0.3) is 22.3 Å². The Kier molecular flexibility index (Phi) is 14.7. The number of nitrogens with zero attached hydrogens (tertiary/aromatic N) is 1. The first-order valence-electron chi connectivity index (χ1n) is 23.3. The van der Waals surface area contributed by atoms with Crippen molar-refractivity contribution in [3.05, 3.63) is 201 Å². The van der Waals surface area contributed by atoms with Crippen LogP contribution in [0.5, 0.6) is 0 Å². The number of anilines is 2. The third-order valence-corrected chi connectivity index (χ3v) is 14.4. The maximum absolute atomic E-state index is 5.61. The minimum absolute atomic E-state index is 0.324. The molecule has 0 heterocycles. The van der Waals surface area contributed by atoms with Crippen molar-refractivity contribution >= 4 is 36.3 Å². The summed E-state index contributed by atoms with van der Waals surface area (Å²) in [6.07, 6.45) is 0.782. The van der Waals surface area contributed by atoms with Gasteiger partial charge in [0.05, 0.1) is 5.69 Å². The number of nitrogens with one attached hydrogen (secondary N) is 2. The van der Waals surface area contributed by atoms with Crippen molar-refractivity contribution in [1.29, 1.82) is 0 Å². The lowest BCUT2D eigenvalue weighted by Gasteiger charge is -2.30. The molecule has 7 aromatic carbocycles. The maximum atomic E-state index is 5.61. The smallest absolute Gasteiger partial charge is 0.138 e. The van der Waals surface area contributed by atoms with Crippen molar-refractivity contribution in [2.75, 3.05) is 10.4 Å². The van der Waals surface area contributed by atoms with Gasteiger partial charge >= 0.3 is 0 Å². The van der Waals surface area contributed by atoms with E-state index in [1.54, 1.807) is 0 Å². The molecule has 2 N–H and O–H groups in total. The largest absolute Gasteiger partial charge is 0.360 e. The van der Waals surface area contributed by atoms with Crippen molar-refractivity contribution in [1.82, 2.24) is 0 Å². The van der Waals surface area contributed by atoms with Crippen molar-refractivity contribution < 1.29 is 0 Å². The quantitative estimate of drug-likeness (QED) is 0.0649. The highest BCUT2D eigenvalue weighted by Crippen LogP contribution is 2.49. The number of rotatable bonds is 14. The SMILES string of the molecule is Cc1cc(C)cc(-c2cccc(-c3cc(C)cc(C)c3)c2P(Cc2ccccc2NC(=Nc2c(C(C)C)cccc2C(C)C)c2ccccc2)Nc2c(C(C)C)cccc2C(C)C)c1. The number of benzene rings is 7. The molecule has 0 saturated heterocycles. The molecule has 0 aromatic heterocycles. The van der Waals surface area contributed by atoms with Gasteiger partial charge in [0.25, 0.3) is 0 Å². The maximum Gasteiger partial charge on any atom is 0.138 e. The average molecular weight is 862 g/mol. The molecule has 1 unspecified atom stereocenters. The zero-order valence-corrected chi connectivity index (χ0v) is 41.2. The summed E-state index contributed by atoms with van der Waals surface area (Å²) in [6.45, 7) is 27.2. The van der Waals surface area contributed by atoms with Crippen LogP contribution in [0.3, 0.4) is 0 Å². The number of amidine groups is 1. The van der Waals surface area contributed by atoms with E-state index in [-0.39, 0.29) is 0 Å². The first-order valence-corrected chi connectivity index (χ1v) is 24.8. The highest BCUT2D eigenvalue weighted by molar-refractivity contribution is 7.67. The summed E-state index contributed by atoms with van der Waals surface area (Å²) >= 11 is 0. The van der Waals surface area contributed by atoms with Gasteiger partial charge in [-0.25, -0.2) is 4.99 Å². The van der Waals surface area contributed by atoms with Crippen LogP contribution < -0.4 is 15.7 Å². The van der Waals surface area contributed by atoms with Crippen LogP contribution in [-0.4, -0.2) is 5.84 Å². The second kappa shape index (κ2) is 20.4. The Morgan fingerprint density at radius 1 is 0.484 bits per heavy atom. The second-order valence-electron chi connectivity index (χ2n) is 19.0. The van der Waals surface area contributed by atoms with E-state index < -0.39 is 8.07 Å². The van der Waals surface area contributed by atoms with Gasteiger partial charge in [0.15, 0.2) is 0 Å². The summed E-state index contributed by atoms with van der Waals surface area (Å²) in [5, 5.41) is 9.76. The molecule has 0 saturated carbocycles. The summed E-state index contributed by atoms with van der Waals surface area (Å²) in [4.78, 5) is 5.61. The predicted molar refractivity (Wildman–Crippen MR) is 282 cm³/mol. The molecule has 7 aromatic rings. The summed E-state index contributed by atoms with van der Waals surface area (Å²) in [7, 11) is -1.12. The van der Waals surface area contributed by atoms with Gasteiger partial charge in [-0.3, -0.25) is 0 Å². The highest BCUT2D eigenvalue weighted by atomic mass is 31.1. The van der Waals surface area contributed by atoms with Gasteiger partial charge in [0.2, 0.25) is 0 Å². The number of hydrogen-bond donors (Lipinski definition) is 2. The fourth-order valence-electron chi connectivity index (χ4n) is 9.14. The summed E-state index contributed by atoms with van der Waals surface area (Å²) < 4.78 is 0. The number of hydrogen-bond acceptors (Lipinski definition) is 2. The normalized spacial score (nSPS) is 12.4. The molecule has 1 atom stereocenters. The molecule has 0 radical (unpaired) electrons. The molecule has 7 rings (SSSR count). The lowest BCUT2D eigenvalue weighted by Crippen LogP contribution is -2.19. The van der Waals surface area contributed by atoms with Crippen LogP contribution in [0.4, 0.5) is 17.1 Å². The van der Waals surface area contributed by atoms with Crippen LogP contribution >= 0.6 is 8.07 Å². The van der Waals surface area contributed by atoms with Crippen LogP contribution in [0.15, 0.2) is 151 Å². The second-order valence-corrected chi connectivity index (χ2v) is 20.8. The molecular formula is C60H68N3P. The van der Waals surface area contributed by atoms with Gasteiger partial charge in [-0.2, -0.15) is 0 Å². The molecule has 0 fully saturated rings. The molecule has 4 heteroatoms. The Balaban J connectivity index is 1.49. The van der Waals surface area contributed by atoms with Gasteiger partial charge in [-0.1, -0.05) is 217 Å². The van der Waals surface area contributed by atoms with Crippen LogP contribution in [0, 0.1) is 27.7 Å². The van der Waals surface area contributed by atoms with Gasteiger partial charge < -0.3 is 10.4 Å². The van der Waals surface area contributed by atoms with E-state index in [1.165, 1.54) is 83.3 Å². The molecule has 0 aliphatic carbocycles. The monoisotopic (exact) mass is 862 g/mol. The van der Waals surface area contributed by atoms with E-state index in [0.717, 1.165) is 28.9 Å². The van der Waals surface area contributed by atoms with Crippen LogP contribution in [0.2, 0.25) is 0 Å². The van der Waals surface area contributed by atoms with E-state index in [1.807, 2.05) is 0 Å². The van der Waals surface area contributed by atoms with Crippen molar-refractivity contribution in [2.24, 2.45) is 4.99 Å². The average Bonchev–Trinajstić information content (AvgIpc) is 3.25. The third-order valence-electron chi connectivity index (χ3n) is 12.2. The van der Waals surface area contributed by atoms with Crippen molar-refractivity contribution in [3.63, 3.8) is 0 Å². The fourth-order valence-corrected chi connectivity index (χ4v) is 11.6. The lowest BCUT2D eigenvalue weighted by atomic mass is 9.93. The molecule has 0 bridgehead atoms. The van der Waals surface area contributed by atoms with E-state index in [2.05, 4.69) is 239 Å². The zero-order valence-electron chi connectivity index (χ0n) is 40.3. The zero-order chi connectivity index (χ0) is 45.7. The minimum atomic E-state index is -1.12. The van der Waals surface area contributed by atoms with Crippen LogP contribution in [-0.2, 0) is 6.16 Å². The predicted octanol–water partition coefficient (Wildman–Crippen LogP) is 17.3. The molecular weight excluding hydrogens is 794 g/mol. The fraction of sp³-hybridized carbons (Fsp3) is 0.283.